The summed E-state index contributed by atoms with van der Waals surface area (Å²) in [6.45, 7) is 3.49. The number of carbonyl (C=O) groups is 2. The third kappa shape index (κ3) is 5.35. The fourth-order valence-electron chi connectivity index (χ4n) is 2.42. The zero-order valence-corrected chi connectivity index (χ0v) is 14.4. The van der Waals surface area contributed by atoms with E-state index in [-0.39, 0.29) is 19.6 Å². The van der Waals surface area contributed by atoms with Crippen LogP contribution in [-0.2, 0) is 20.9 Å². The van der Waals surface area contributed by atoms with Gasteiger partial charge in [0.25, 0.3) is 0 Å². The Kier molecular flexibility index (Phi) is 5.81. The second kappa shape index (κ2) is 7.84. The Bertz CT molecular complexity index is 743. The Morgan fingerprint density at radius 3 is 2.60 bits per heavy atom. The summed E-state index contributed by atoms with van der Waals surface area (Å²) >= 11 is 0. The Morgan fingerprint density at radius 1 is 1.32 bits per heavy atom. The van der Waals surface area contributed by atoms with Crippen molar-refractivity contribution in [1.29, 1.82) is 0 Å². The second-order valence-electron chi connectivity index (χ2n) is 6.12. The number of methoxy groups -OCH3 is 1. The number of rotatable bonds is 8. The molecule has 2 aromatic rings. The van der Waals surface area contributed by atoms with Gasteiger partial charge in [0.1, 0.15) is 6.54 Å². The van der Waals surface area contributed by atoms with Crippen LogP contribution in [0.2, 0.25) is 0 Å². The molecule has 0 aliphatic carbocycles. The molecule has 9 heteroatoms. The Balaban J connectivity index is 2.03. The standard InChI is InChI=1S/C16H21N5O4/c1-11-4-6-12(7-5-11)15-18-20-21(19-15)9-13(22)17-16(2,10-25-3)8-14(23)24/h4-7H,8-10H2,1-3H3,(H,17,22)(H,23,24). The largest absolute Gasteiger partial charge is 0.481 e. The van der Waals surface area contributed by atoms with E-state index in [2.05, 4.69) is 20.7 Å². The molecule has 1 unspecified atom stereocenters. The smallest absolute Gasteiger partial charge is 0.305 e. The number of tetrazole rings is 1. The summed E-state index contributed by atoms with van der Waals surface area (Å²) in [5.74, 6) is -1.04. The summed E-state index contributed by atoms with van der Waals surface area (Å²) in [6.07, 6.45) is -0.258. The number of aliphatic carboxylic acids is 1. The summed E-state index contributed by atoms with van der Waals surface area (Å²) in [6, 6.07) is 7.62. The summed E-state index contributed by atoms with van der Waals surface area (Å²) < 4.78 is 5.00. The van der Waals surface area contributed by atoms with Gasteiger partial charge in [0.2, 0.25) is 11.7 Å². The molecule has 0 saturated heterocycles. The van der Waals surface area contributed by atoms with E-state index in [9.17, 15) is 9.59 Å². The van der Waals surface area contributed by atoms with E-state index in [4.69, 9.17) is 9.84 Å². The summed E-state index contributed by atoms with van der Waals surface area (Å²) in [4.78, 5) is 24.3. The normalized spacial score (nSPS) is 13.2. The van der Waals surface area contributed by atoms with Gasteiger partial charge in [-0.2, -0.15) is 4.80 Å². The minimum Gasteiger partial charge on any atom is -0.481 e. The number of hydrogen-bond acceptors (Lipinski definition) is 6. The molecule has 9 nitrogen and oxygen atoms in total. The molecule has 1 aromatic carbocycles. The van der Waals surface area contributed by atoms with Crippen molar-refractivity contribution in [3.8, 4) is 11.4 Å². The number of nitrogens with zero attached hydrogens (tertiary/aromatic N) is 4. The second-order valence-corrected chi connectivity index (χ2v) is 6.12. The first-order valence-corrected chi connectivity index (χ1v) is 7.68. The number of carboxylic acids is 1. The maximum Gasteiger partial charge on any atom is 0.305 e. The zero-order valence-electron chi connectivity index (χ0n) is 14.4. The highest BCUT2D eigenvalue weighted by Gasteiger charge is 2.29. The van der Waals surface area contributed by atoms with Gasteiger partial charge in [0, 0.05) is 12.7 Å². The molecule has 0 saturated carbocycles. The number of carbonyl (C=O) groups excluding carboxylic acids is 1. The van der Waals surface area contributed by atoms with Crippen molar-refractivity contribution in [2.24, 2.45) is 0 Å². The van der Waals surface area contributed by atoms with Crippen molar-refractivity contribution in [2.75, 3.05) is 13.7 Å². The number of amides is 1. The average Bonchev–Trinajstić information content (AvgIpc) is 2.95. The van der Waals surface area contributed by atoms with Gasteiger partial charge in [0.15, 0.2) is 0 Å². The summed E-state index contributed by atoms with van der Waals surface area (Å²) in [7, 11) is 1.44. The maximum atomic E-state index is 12.2. The number of nitrogens with one attached hydrogen (secondary N) is 1. The van der Waals surface area contributed by atoms with Gasteiger partial charge in [-0.3, -0.25) is 9.59 Å². The van der Waals surface area contributed by atoms with E-state index < -0.39 is 17.4 Å². The van der Waals surface area contributed by atoms with Crippen LogP contribution in [0.25, 0.3) is 11.4 Å². The van der Waals surface area contributed by atoms with Crippen molar-refractivity contribution < 1.29 is 19.4 Å². The number of ether oxygens (including phenoxy) is 1. The molecule has 0 aliphatic heterocycles. The van der Waals surface area contributed by atoms with Gasteiger partial charge in [-0.25, -0.2) is 0 Å². The summed E-state index contributed by atoms with van der Waals surface area (Å²) in [5, 5.41) is 23.6. The molecule has 1 atom stereocenters. The van der Waals surface area contributed by atoms with Crippen molar-refractivity contribution >= 4 is 11.9 Å². The lowest BCUT2D eigenvalue weighted by atomic mass is 9.99. The highest BCUT2D eigenvalue weighted by atomic mass is 16.5. The first-order chi connectivity index (χ1) is 11.8. The minimum atomic E-state index is -1.03. The predicted octanol–water partition coefficient (Wildman–Crippen LogP) is 0.645. The van der Waals surface area contributed by atoms with Gasteiger partial charge in [-0.05, 0) is 19.1 Å². The quantitative estimate of drug-likeness (QED) is 0.719. The van der Waals surface area contributed by atoms with Crippen LogP contribution >= 0.6 is 0 Å². The first kappa shape index (κ1) is 18.5. The van der Waals surface area contributed by atoms with Gasteiger partial charge in [-0.15, -0.1) is 10.2 Å². The van der Waals surface area contributed by atoms with Gasteiger partial charge in [-0.1, -0.05) is 29.8 Å². The molecule has 0 radical (unpaired) electrons. The summed E-state index contributed by atoms with van der Waals surface area (Å²) in [5.41, 5.74) is 0.900. The fourth-order valence-corrected chi connectivity index (χ4v) is 2.42. The third-order valence-electron chi connectivity index (χ3n) is 3.49. The number of benzene rings is 1. The Morgan fingerprint density at radius 2 is 2.00 bits per heavy atom. The number of hydrogen-bond donors (Lipinski definition) is 2. The predicted molar refractivity (Wildman–Crippen MR) is 88.7 cm³/mol. The van der Waals surface area contributed by atoms with Crippen molar-refractivity contribution in [1.82, 2.24) is 25.5 Å². The SMILES string of the molecule is COCC(C)(CC(=O)O)NC(=O)Cn1nnc(-c2ccc(C)cc2)n1. The van der Waals surface area contributed by atoms with Gasteiger partial charge in [0.05, 0.1) is 18.6 Å². The van der Waals surface area contributed by atoms with Crippen LogP contribution in [0.4, 0.5) is 0 Å². The van der Waals surface area contributed by atoms with E-state index in [1.807, 2.05) is 31.2 Å². The van der Waals surface area contributed by atoms with Crippen LogP contribution in [0.15, 0.2) is 24.3 Å². The molecule has 0 fully saturated rings. The molecular formula is C16H21N5O4. The first-order valence-electron chi connectivity index (χ1n) is 7.68. The molecular weight excluding hydrogens is 326 g/mol. The monoisotopic (exact) mass is 347 g/mol. The van der Waals surface area contributed by atoms with Crippen LogP contribution in [-0.4, -0.2) is 56.4 Å². The minimum absolute atomic E-state index is 0.0739. The van der Waals surface area contributed by atoms with Crippen LogP contribution in [0.3, 0.4) is 0 Å². The molecule has 2 rings (SSSR count). The number of aromatic nitrogens is 4. The van der Waals surface area contributed by atoms with E-state index in [0.29, 0.717) is 5.82 Å². The van der Waals surface area contributed by atoms with Crippen molar-refractivity contribution in [3.05, 3.63) is 29.8 Å². The number of carboxylic acid groups (broad SMARTS) is 1. The van der Waals surface area contributed by atoms with Crippen LogP contribution in [0, 0.1) is 6.92 Å². The fraction of sp³-hybridized carbons (Fsp3) is 0.438. The van der Waals surface area contributed by atoms with Crippen molar-refractivity contribution in [2.45, 2.75) is 32.4 Å². The van der Waals surface area contributed by atoms with E-state index >= 15 is 0 Å². The Labute approximate surface area is 145 Å². The van der Waals surface area contributed by atoms with Gasteiger partial charge >= 0.3 is 5.97 Å². The topological polar surface area (TPSA) is 119 Å². The lowest BCUT2D eigenvalue weighted by molar-refractivity contribution is -0.139. The van der Waals surface area contributed by atoms with E-state index in [1.54, 1.807) is 6.92 Å². The average molecular weight is 347 g/mol. The molecule has 0 aliphatic rings. The lowest BCUT2D eigenvalue weighted by Crippen LogP contribution is -2.51. The van der Waals surface area contributed by atoms with Crippen LogP contribution in [0.1, 0.15) is 18.9 Å². The molecule has 0 spiro atoms. The maximum absolute atomic E-state index is 12.2. The van der Waals surface area contributed by atoms with Crippen molar-refractivity contribution in [3.63, 3.8) is 0 Å². The van der Waals surface area contributed by atoms with Crippen LogP contribution < -0.4 is 5.32 Å². The lowest BCUT2D eigenvalue weighted by Gasteiger charge is -2.28. The molecule has 1 aromatic heterocycles. The highest BCUT2D eigenvalue weighted by Crippen LogP contribution is 2.14. The molecule has 25 heavy (non-hydrogen) atoms. The zero-order chi connectivity index (χ0) is 18.4. The number of aryl methyl sites for hydroxylation is 1. The molecule has 2 N–H and O–H groups in total. The van der Waals surface area contributed by atoms with E-state index in [0.717, 1.165) is 11.1 Å². The molecule has 1 heterocycles. The molecule has 0 bridgehead atoms. The third-order valence-corrected chi connectivity index (χ3v) is 3.49. The molecule has 1 amide bonds. The van der Waals surface area contributed by atoms with Gasteiger partial charge < -0.3 is 15.2 Å². The van der Waals surface area contributed by atoms with Crippen LogP contribution in [0.5, 0.6) is 0 Å². The Hall–Kier alpha value is -2.81. The molecule has 134 valence electrons. The van der Waals surface area contributed by atoms with E-state index in [1.165, 1.54) is 11.9 Å². The highest BCUT2D eigenvalue weighted by molar-refractivity contribution is 5.78.